The van der Waals surface area contributed by atoms with E-state index >= 15 is 0 Å². The first kappa shape index (κ1) is 16.1. The van der Waals surface area contributed by atoms with E-state index in [9.17, 15) is 5.11 Å². The minimum Gasteiger partial charge on any atom is -0.387 e. The molecule has 23 heavy (non-hydrogen) atoms. The van der Waals surface area contributed by atoms with E-state index in [1.165, 1.54) is 0 Å². The molecule has 1 N–H and O–H groups in total. The molecule has 0 spiro atoms. The van der Waals surface area contributed by atoms with E-state index in [0.717, 1.165) is 56.9 Å². The molecule has 3 rings (SSSR count). The van der Waals surface area contributed by atoms with Crippen molar-refractivity contribution in [3.8, 4) is 0 Å². The van der Waals surface area contributed by atoms with Gasteiger partial charge in [-0.2, -0.15) is 0 Å². The fourth-order valence-electron chi connectivity index (χ4n) is 3.04. The van der Waals surface area contributed by atoms with Crippen molar-refractivity contribution in [2.45, 2.75) is 12.5 Å². The largest absolute Gasteiger partial charge is 0.387 e. The van der Waals surface area contributed by atoms with Crippen molar-refractivity contribution in [3.63, 3.8) is 0 Å². The van der Waals surface area contributed by atoms with Crippen molar-refractivity contribution < 1.29 is 5.11 Å². The Bertz CT molecular complexity index is 568. The van der Waals surface area contributed by atoms with Crippen molar-refractivity contribution in [1.29, 1.82) is 0 Å². The van der Waals surface area contributed by atoms with Gasteiger partial charge in [0.15, 0.2) is 0 Å². The molecule has 0 amide bonds. The third kappa shape index (κ3) is 4.86. The van der Waals surface area contributed by atoms with Crippen LogP contribution in [0.1, 0.15) is 17.4 Å². The Morgan fingerprint density at radius 2 is 1.61 bits per heavy atom. The van der Waals surface area contributed by atoms with Gasteiger partial charge in [0, 0.05) is 57.6 Å². The van der Waals surface area contributed by atoms with Gasteiger partial charge in [0.25, 0.3) is 0 Å². The van der Waals surface area contributed by atoms with E-state index < -0.39 is 6.10 Å². The van der Waals surface area contributed by atoms with Gasteiger partial charge in [-0.05, 0) is 17.7 Å². The summed E-state index contributed by atoms with van der Waals surface area (Å²) in [5, 5.41) is 10.3. The molecular formula is C19H25N3O. The topological polar surface area (TPSA) is 39.6 Å². The molecule has 1 atom stereocenters. The molecule has 4 nitrogen and oxygen atoms in total. The molecular weight excluding hydrogens is 286 g/mol. The summed E-state index contributed by atoms with van der Waals surface area (Å²) in [6.07, 6.45) is 2.47. The summed E-state index contributed by atoms with van der Waals surface area (Å²) in [4.78, 5) is 9.22. The van der Waals surface area contributed by atoms with Crippen LogP contribution in [0.25, 0.3) is 0 Å². The highest BCUT2D eigenvalue weighted by Crippen LogP contribution is 2.15. The number of aromatic nitrogens is 1. The fourth-order valence-corrected chi connectivity index (χ4v) is 3.04. The van der Waals surface area contributed by atoms with Gasteiger partial charge in [0.05, 0.1) is 6.10 Å². The monoisotopic (exact) mass is 311 g/mol. The molecule has 122 valence electrons. The maximum atomic E-state index is 10.3. The van der Waals surface area contributed by atoms with Crippen LogP contribution in [-0.2, 0) is 6.42 Å². The highest BCUT2D eigenvalue weighted by molar-refractivity contribution is 5.17. The molecule has 1 aliphatic heterocycles. The summed E-state index contributed by atoms with van der Waals surface area (Å²) in [7, 11) is 0. The van der Waals surface area contributed by atoms with E-state index in [4.69, 9.17) is 0 Å². The normalized spacial score (nSPS) is 18.0. The maximum Gasteiger partial charge on any atom is 0.0916 e. The first-order chi connectivity index (χ1) is 11.3. The number of aliphatic hydroxyl groups excluding tert-OH is 1. The average molecular weight is 311 g/mol. The van der Waals surface area contributed by atoms with Gasteiger partial charge < -0.3 is 10.0 Å². The van der Waals surface area contributed by atoms with Gasteiger partial charge in [0.1, 0.15) is 0 Å². The summed E-state index contributed by atoms with van der Waals surface area (Å²) in [5.74, 6) is 0. The number of nitrogens with zero attached hydrogens (tertiary/aromatic N) is 3. The maximum absolute atomic E-state index is 10.3. The van der Waals surface area contributed by atoms with Crippen molar-refractivity contribution in [2.24, 2.45) is 0 Å². The van der Waals surface area contributed by atoms with E-state index in [1.807, 2.05) is 48.7 Å². The molecule has 2 heterocycles. The van der Waals surface area contributed by atoms with Crippen molar-refractivity contribution in [2.75, 3.05) is 39.3 Å². The number of pyridine rings is 1. The lowest BCUT2D eigenvalue weighted by Crippen LogP contribution is -2.47. The van der Waals surface area contributed by atoms with Crippen molar-refractivity contribution in [3.05, 3.63) is 66.0 Å². The molecule has 1 aliphatic rings. The summed E-state index contributed by atoms with van der Waals surface area (Å²) >= 11 is 0. The lowest BCUT2D eigenvalue weighted by Gasteiger charge is -2.35. The van der Waals surface area contributed by atoms with Crippen LogP contribution >= 0.6 is 0 Å². The third-order valence-corrected chi connectivity index (χ3v) is 4.49. The lowest BCUT2D eigenvalue weighted by molar-refractivity contribution is 0.0729. The minimum atomic E-state index is -0.392. The molecule has 4 heteroatoms. The van der Waals surface area contributed by atoms with Crippen molar-refractivity contribution in [1.82, 2.24) is 14.8 Å². The highest BCUT2D eigenvalue weighted by Gasteiger charge is 2.19. The molecule has 0 unspecified atom stereocenters. The molecule has 0 aliphatic carbocycles. The molecule has 0 radical (unpaired) electrons. The zero-order valence-electron chi connectivity index (χ0n) is 13.5. The van der Waals surface area contributed by atoms with Gasteiger partial charge in [-0.1, -0.05) is 36.4 Å². The number of β-amino-alcohol motifs (C(OH)–C–C–N with tert-alkyl or cyclic N) is 1. The first-order valence-electron chi connectivity index (χ1n) is 8.39. The number of benzene rings is 1. The summed E-state index contributed by atoms with van der Waals surface area (Å²) < 4.78 is 0. The summed E-state index contributed by atoms with van der Waals surface area (Å²) in [5.41, 5.74) is 2.17. The molecule has 0 bridgehead atoms. The number of hydrogen-bond acceptors (Lipinski definition) is 4. The van der Waals surface area contributed by atoms with Gasteiger partial charge in [0.2, 0.25) is 0 Å². The zero-order valence-corrected chi connectivity index (χ0v) is 13.5. The predicted molar refractivity (Wildman–Crippen MR) is 92.2 cm³/mol. The van der Waals surface area contributed by atoms with Crippen LogP contribution in [0.5, 0.6) is 0 Å². The smallest absolute Gasteiger partial charge is 0.0916 e. The highest BCUT2D eigenvalue weighted by atomic mass is 16.3. The second kappa shape index (κ2) is 8.20. The van der Waals surface area contributed by atoms with Crippen LogP contribution < -0.4 is 0 Å². The standard InChI is InChI=1S/C19H25N3O/c23-19(17-6-2-1-3-7-17)16-22-14-12-21(13-15-22)11-9-18-8-4-5-10-20-18/h1-8,10,19,23H,9,11-16H2/t19-/m1/s1. The van der Waals surface area contributed by atoms with Crippen molar-refractivity contribution >= 4 is 0 Å². The second-order valence-corrected chi connectivity index (χ2v) is 6.14. The third-order valence-electron chi connectivity index (χ3n) is 4.49. The lowest BCUT2D eigenvalue weighted by atomic mass is 10.1. The van der Waals surface area contributed by atoms with Crippen LogP contribution in [0.4, 0.5) is 0 Å². The number of rotatable bonds is 6. The van der Waals surface area contributed by atoms with Crippen LogP contribution in [-0.4, -0.2) is 59.2 Å². The van der Waals surface area contributed by atoms with Gasteiger partial charge in [-0.3, -0.25) is 9.88 Å². The van der Waals surface area contributed by atoms with Gasteiger partial charge >= 0.3 is 0 Å². The Balaban J connectivity index is 1.40. The molecule has 1 aromatic heterocycles. The summed E-state index contributed by atoms with van der Waals surface area (Å²) in [6, 6.07) is 16.0. The van der Waals surface area contributed by atoms with Gasteiger partial charge in [-0.15, -0.1) is 0 Å². The molecule has 1 aromatic carbocycles. The van der Waals surface area contributed by atoms with Crippen LogP contribution in [0.2, 0.25) is 0 Å². The second-order valence-electron chi connectivity index (χ2n) is 6.14. The Morgan fingerprint density at radius 1 is 0.913 bits per heavy atom. The first-order valence-corrected chi connectivity index (χ1v) is 8.39. The zero-order chi connectivity index (χ0) is 15.9. The molecule has 1 fully saturated rings. The predicted octanol–water partition coefficient (Wildman–Crippen LogP) is 1.98. The van der Waals surface area contributed by atoms with E-state index in [2.05, 4.69) is 20.9 Å². The SMILES string of the molecule is O[C@H](CN1CCN(CCc2ccccn2)CC1)c1ccccc1. The Hall–Kier alpha value is -1.75. The number of hydrogen-bond donors (Lipinski definition) is 1. The minimum absolute atomic E-state index is 0.392. The van der Waals surface area contributed by atoms with Crippen LogP contribution in [0.15, 0.2) is 54.7 Å². The molecule has 0 saturated carbocycles. The van der Waals surface area contributed by atoms with E-state index in [1.54, 1.807) is 0 Å². The summed E-state index contributed by atoms with van der Waals surface area (Å²) in [6.45, 7) is 5.95. The van der Waals surface area contributed by atoms with Gasteiger partial charge in [-0.25, -0.2) is 0 Å². The van der Waals surface area contributed by atoms with E-state index in [-0.39, 0.29) is 0 Å². The fraction of sp³-hybridized carbons (Fsp3) is 0.421. The quantitative estimate of drug-likeness (QED) is 0.885. The molecule has 2 aromatic rings. The molecule has 1 saturated heterocycles. The number of piperazine rings is 1. The Morgan fingerprint density at radius 3 is 2.30 bits per heavy atom. The Kier molecular flexibility index (Phi) is 5.75. The van der Waals surface area contributed by atoms with E-state index in [0.29, 0.717) is 0 Å². The number of aliphatic hydroxyl groups is 1. The van der Waals surface area contributed by atoms with Crippen LogP contribution in [0, 0.1) is 0 Å². The Labute approximate surface area is 138 Å². The van der Waals surface area contributed by atoms with Crippen LogP contribution in [0.3, 0.4) is 0 Å². The average Bonchev–Trinajstić information content (AvgIpc) is 2.63.